The number of nitrogens with zero attached hydrogens (tertiary/aromatic N) is 1. The average Bonchev–Trinajstić information content (AvgIpc) is 1.88. The molecule has 0 unspecified atom stereocenters. The molecule has 0 aliphatic rings. The van der Waals surface area contributed by atoms with Gasteiger partial charge >= 0.3 is 0 Å². The number of aliphatic hydroxyl groups is 1. The number of aliphatic hydroxyl groups excluding tert-OH is 1. The van der Waals surface area contributed by atoms with Gasteiger partial charge in [-0.25, -0.2) is 0 Å². The molecule has 1 rings (SSSR count). The fourth-order valence-electron chi connectivity index (χ4n) is 0.615. The Kier molecular flexibility index (Phi) is 1.80. The standard InChI is InChI=1S/C7H8NO/c1-6-2-3-8-7(4-6)5-9/h2-4,9H,1,5H2. The highest BCUT2D eigenvalue weighted by Crippen LogP contribution is 1.98. The van der Waals surface area contributed by atoms with E-state index >= 15 is 0 Å². The Morgan fingerprint density at radius 3 is 2.89 bits per heavy atom. The maximum absolute atomic E-state index is 8.57. The van der Waals surface area contributed by atoms with Crippen molar-refractivity contribution in [3.8, 4) is 0 Å². The molecule has 0 saturated heterocycles. The van der Waals surface area contributed by atoms with Gasteiger partial charge in [-0.3, -0.25) is 4.98 Å². The van der Waals surface area contributed by atoms with E-state index in [1.165, 1.54) is 0 Å². The van der Waals surface area contributed by atoms with Crippen LogP contribution in [0, 0.1) is 6.92 Å². The van der Waals surface area contributed by atoms with Crippen molar-refractivity contribution in [1.29, 1.82) is 0 Å². The molecule has 0 spiro atoms. The summed E-state index contributed by atoms with van der Waals surface area (Å²) in [4.78, 5) is 3.87. The SMILES string of the molecule is [CH2]c1ccnc(CO)c1. The van der Waals surface area contributed by atoms with Crippen molar-refractivity contribution in [3.63, 3.8) is 0 Å². The smallest absolute Gasteiger partial charge is 0.0853 e. The van der Waals surface area contributed by atoms with Crippen LogP contribution in [-0.2, 0) is 6.61 Å². The molecule has 0 fully saturated rings. The molecule has 1 radical (unpaired) electrons. The van der Waals surface area contributed by atoms with Crippen molar-refractivity contribution >= 4 is 0 Å². The fraction of sp³-hybridized carbons (Fsp3) is 0.143. The van der Waals surface area contributed by atoms with Crippen LogP contribution in [0.2, 0.25) is 0 Å². The molecule has 2 nitrogen and oxygen atoms in total. The summed E-state index contributed by atoms with van der Waals surface area (Å²) in [6.45, 7) is 3.67. The molecule has 1 N–H and O–H groups in total. The second kappa shape index (κ2) is 2.60. The van der Waals surface area contributed by atoms with Crippen molar-refractivity contribution in [2.45, 2.75) is 6.61 Å². The van der Waals surface area contributed by atoms with Gasteiger partial charge in [0, 0.05) is 6.20 Å². The Balaban J connectivity index is 2.94. The number of pyridine rings is 1. The minimum absolute atomic E-state index is 0.0106. The monoisotopic (exact) mass is 122 g/mol. The Morgan fingerprint density at radius 2 is 2.44 bits per heavy atom. The molecule has 2 heteroatoms. The number of rotatable bonds is 1. The third-order valence-corrected chi connectivity index (χ3v) is 1.04. The van der Waals surface area contributed by atoms with Crippen LogP contribution in [0.5, 0.6) is 0 Å². The van der Waals surface area contributed by atoms with E-state index in [0.717, 1.165) is 5.56 Å². The van der Waals surface area contributed by atoms with E-state index in [1.807, 2.05) is 0 Å². The van der Waals surface area contributed by atoms with E-state index in [-0.39, 0.29) is 6.61 Å². The van der Waals surface area contributed by atoms with Crippen LogP contribution in [0.15, 0.2) is 18.3 Å². The summed E-state index contributed by atoms with van der Waals surface area (Å²) >= 11 is 0. The molecule has 9 heavy (non-hydrogen) atoms. The van der Waals surface area contributed by atoms with Crippen molar-refractivity contribution in [3.05, 3.63) is 36.5 Å². The van der Waals surface area contributed by atoms with Crippen LogP contribution in [-0.4, -0.2) is 10.1 Å². The van der Waals surface area contributed by atoms with E-state index in [4.69, 9.17) is 5.11 Å². The normalized spacial score (nSPS) is 9.56. The zero-order chi connectivity index (χ0) is 6.69. The highest BCUT2D eigenvalue weighted by atomic mass is 16.3. The van der Waals surface area contributed by atoms with Gasteiger partial charge in [0.05, 0.1) is 12.3 Å². The third-order valence-electron chi connectivity index (χ3n) is 1.04. The molecule has 0 atom stereocenters. The van der Waals surface area contributed by atoms with Gasteiger partial charge in [0.25, 0.3) is 0 Å². The summed E-state index contributed by atoms with van der Waals surface area (Å²) in [5.41, 5.74) is 1.55. The van der Waals surface area contributed by atoms with Gasteiger partial charge in [-0.05, 0) is 24.6 Å². The van der Waals surface area contributed by atoms with Gasteiger partial charge < -0.3 is 5.11 Å². The second-order valence-corrected chi connectivity index (χ2v) is 1.81. The predicted molar refractivity (Wildman–Crippen MR) is 34.6 cm³/mol. The second-order valence-electron chi connectivity index (χ2n) is 1.81. The van der Waals surface area contributed by atoms with Crippen LogP contribution in [0.25, 0.3) is 0 Å². The van der Waals surface area contributed by atoms with Crippen molar-refractivity contribution in [1.82, 2.24) is 4.98 Å². The number of hydrogen-bond acceptors (Lipinski definition) is 2. The van der Waals surface area contributed by atoms with Crippen molar-refractivity contribution < 1.29 is 5.11 Å². The van der Waals surface area contributed by atoms with Crippen LogP contribution in [0.3, 0.4) is 0 Å². The van der Waals surface area contributed by atoms with Gasteiger partial charge in [0.15, 0.2) is 0 Å². The molecule has 0 aliphatic heterocycles. The summed E-state index contributed by atoms with van der Waals surface area (Å²) < 4.78 is 0. The Hall–Kier alpha value is -0.890. The van der Waals surface area contributed by atoms with E-state index in [9.17, 15) is 0 Å². The molecule has 0 aliphatic carbocycles. The third kappa shape index (κ3) is 1.50. The number of hydrogen-bond donors (Lipinski definition) is 1. The minimum atomic E-state index is -0.0106. The molecule has 0 amide bonds. The van der Waals surface area contributed by atoms with Crippen LogP contribution in [0.1, 0.15) is 11.3 Å². The summed E-state index contributed by atoms with van der Waals surface area (Å²) in [5, 5.41) is 8.57. The lowest BCUT2D eigenvalue weighted by Gasteiger charge is -1.93. The van der Waals surface area contributed by atoms with Gasteiger partial charge in [0.1, 0.15) is 0 Å². The summed E-state index contributed by atoms with van der Waals surface area (Å²) in [6.07, 6.45) is 1.63. The molecule has 1 aromatic rings. The average molecular weight is 122 g/mol. The maximum Gasteiger partial charge on any atom is 0.0853 e. The fourth-order valence-corrected chi connectivity index (χ4v) is 0.615. The minimum Gasteiger partial charge on any atom is -0.390 e. The summed E-state index contributed by atoms with van der Waals surface area (Å²) in [7, 11) is 0. The molecule has 47 valence electrons. The molecule has 0 bridgehead atoms. The zero-order valence-electron chi connectivity index (χ0n) is 5.04. The largest absolute Gasteiger partial charge is 0.390 e. The lowest BCUT2D eigenvalue weighted by atomic mass is 10.2. The molecule has 0 saturated carbocycles. The summed E-state index contributed by atoms with van der Waals surface area (Å²) in [6, 6.07) is 3.54. The topological polar surface area (TPSA) is 33.1 Å². The highest BCUT2D eigenvalue weighted by molar-refractivity contribution is 5.17. The van der Waals surface area contributed by atoms with Gasteiger partial charge in [-0.15, -0.1) is 0 Å². The molecule has 1 heterocycles. The van der Waals surface area contributed by atoms with Crippen LogP contribution >= 0.6 is 0 Å². The molecule has 1 aromatic heterocycles. The lowest BCUT2D eigenvalue weighted by molar-refractivity contribution is 0.277. The van der Waals surface area contributed by atoms with E-state index in [2.05, 4.69) is 11.9 Å². The van der Waals surface area contributed by atoms with Crippen molar-refractivity contribution in [2.75, 3.05) is 0 Å². The Labute approximate surface area is 54.2 Å². The van der Waals surface area contributed by atoms with Gasteiger partial charge in [-0.2, -0.15) is 0 Å². The lowest BCUT2D eigenvalue weighted by Crippen LogP contribution is -1.87. The van der Waals surface area contributed by atoms with Gasteiger partial charge in [-0.1, -0.05) is 0 Å². The van der Waals surface area contributed by atoms with Crippen molar-refractivity contribution in [2.24, 2.45) is 0 Å². The number of aromatic nitrogens is 1. The quantitative estimate of drug-likeness (QED) is 0.596. The first-order valence-corrected chi connectivity index (χ1v) is 2.70. The first-order chi connectivity index (χ1) is 4.33. The maximum atomic E-state index is 8.57. The highest BCUT2D eigenvalue weighted by Gasteiger charge is 1.88. The molecular formula is C7H8NO. The van der Waals surface area contributed by atoms with Crippen LogP contribution in [0.4, 0.5) is 0 Å². The van der Waals surface area contributed by atoms with Crippen LogP contribution < -0.4 is 0 Å². The first-order valence-electron chi connectivity index (χ1n) is 2.70. The predicted octanol–water partition coefficient (Wildman–Crippen LogP) is 0.756. The molecule has 0 aromatic carbocycles. The van der Waals surface area contributed by atoms with E-state index in [0.29, 0.717) is 5.69 Å². The van der Waals surface area contributed by atoms with Gasteiger partial charge in [0.2, 0.25) is 0 Å². The summed E-state index contributed by atoms with van der Waals surface area (Å²) in [5.74, 6) is 0. The Bertz CT molecular complexity index is 198. The Morgan fingerprint density at radius 1 is 1.67 bits per heavy atom. The molecular weight excluding hydrogens is 114 g/mol. The van der Waals surface area contributed by atoms with E-state index in [1.54, 1.807) is 18.3 Å². The van der Waals surface area contributed by atoms with E-state index < -0.39 is 0 Å². The zero-order valence-corrected chi connectivity index (χ0v) is 5.04. The first kappa shape index (κ1) is 6.23.